The lowest BCUT2D eigenvalue weighted by atomic mass is 10.1. The van der Waals surface area contributed by atoms with Crippen molar-refractivity contribution in [1.82, 2.24) is 10.6 Å². The molecule has 0 radical (unpaired) electrons. The van der Waals surface area contributed by atoms with E-state index in [0.29, 0.717) is 6.04 Å². The second-order valence-corrected chi connectivity index (χ2v) is 5.19. The van der Waals surface area contributed by atoms with Gasteiger partial charge >= 0.3 is 0 Å². The molecule has 1 atom stereocenters. The zero-order valence-corrected chi connectivity index (χ0v) is 10.6. The van der Waals surface area contributed by atoms with Crippen LogP contribution in [0.15, 0.2) is 0 Å². The Morgan fingerprint density at radius 3 is 2.47 bits per heavy atom. The summed E-state index contributed by atoms with van der Waals surface area (Å²) in [4.78, 5) is 22.5. The van der Waals surface area contributed by atoms with Crippen LogP contribution in [-0.4, -0.2) is 29.2 Å². The number of halogens is 1. The Morgan fingerprint density at radius 1 is 1.40 bits per heavy atom. The Balaban J connectivity index is 2.17. The summed E-state index contributed by atoms with van der Waals surface area (Å²) in [6.45, 7) is 3.97. The third-order valence-corrected chi connectivity index (χ3v) is 3.67. The van der Waals surface area contributed by atoms with Gasteiger partial charge in [0.05, 0.1) is 11.4 Å². The van der Waals surface area contributed by atoms with Gasteiger partial charge in [-0.2, -0.15) is 0 Å². The summed E-state index contributed by atoms with van der Waals surface area (Å²) >= 11 is 3.28. The Bertz CT molecular complexity index is 252. The normalized spacial score (nSPS) is 17.3. The van der Waals surface area contributed by atoms with Crippen molar-refractivity contribution in [3.63, 3.8) is 0 Å². The highest BCUT2D eigenvalue weighted by Gasteiger charge is 2.24. The van der Waals surface area contributed by atoms with Crippen LogP contribution in [-0.2, 0) is 9.59 Å². The molecule has 1 unspecified atom stereocenters. The molecule has 0 heterocycles. The summed E-state index contributed by atoms with van der Waals surface area (Å²) in [5, 5.41) is 5.41. The lowest BCUT2D eigenvalue weighted by Gasteiger charge is -2.13. The van der Waals surface area contributed by atoms with Crippen molar-refractivity contribution >= 4 is 27.7 Å². The van der Waals surface area contributed by atoms with Crippen LogP contribution in [0.2, 0.25) is 0 Å². The van der Waals surface area contributed by atoms with E-state index in [2.05, 4.69) is 26.6 Å². The van der Waals surface area contributed by atoms with Gasteiger partial charge in [-0.15, -0.1) is 0 Å². The SMILES string of the molecule is CC(C)C(Br)C(=O)NCC(=O)NC1CC1. The van der Waals surface area contributed by atoms with Gasteiger partial charge in [-0.05, 0) is 18.8 Å². The molecule has 0 spiro atoms. The first-order chi connectivity index (χ1) is 7.00. The molecule has 1 aliphatic rings. The quantitative estimate of drug-likeness (QED) is 0.730. The van der Waals surface area contributed by atoms with Crippen LogP contribution in [0.1, 0.15) is 26.7 Å². The largest absolute Gasteiger partial charge is 0.352 e. The number of nitrogens with one attached hydrogen (secondary N) is 2. The fourth-order valence-corrected chi connectivity index (χ4v) is 1.24. The minimum atomic E-state index is -0.230. The van der Waals surface area contributed by atoms with E-state index in [0.717, 1.165) is 12.8 Å². The number of hydrogen-bond acceptors (Lipinski definition) is 2. The summed E-state index contributed by atoms with van der Waals surface area (Å²) in [7, 11) is 0. The van der Waals surface area contributed by atoms with Gasteiger partial charge in [-0.1, -0.05) is 29.8 Å². The first-order valence-electron chi connectivity index (χ1n) is 5.22. The van der Waals surface area contributed by atoms with Gasteiger partial charge in [0, 0.05) is 6.04 Å². The Hall–Kier alpha value is -0.580. The lowest BCUT2D eigenvalue weighted by molar-refractivity contribution is -0.126. The highest BCUT2D eigenvalue weighted by Crippen LogP contribution is 2.18. The molecular formula is C10H17BrN2O2. The van der Waals surface area contributed by atoms with Gasteiger partial charge in [0.25, 0.3) is 0 Å². The smallest absolute Gasteiger partial charge is 0.239 e. The molecule has 86 valence electrons. The maximum Gasteiger partial charge on any atom is 0.239 e. The van der Waals surface area contributed by atoms with E-state index in [9.17, 15) is 9.59 Å². The van der Waals surface area contributed by atoms with E-state index in [4.69, 9.17) is 0 Å². The van der Waals surface area contributed by atoms with Crippen LogP contribution in [0, 0.1) is 5.92 Å². The molecule has 0 aromatic rings. The third-order valence-electron chi connectivity index (χ3n) is 2.20. The summed E-state index contributed by atoms with van der Waals surface area (Å²) in [6, 6.07) is 0.347. The van der Waals surface area contributed by atoms with Crippen molar-refractivity contribution in [3.8, 4) is 0 Å². The number of hydrogen-bond donors (Lipinski definition) is 2. The molecule has 2 amide bonds. The van der Waals surface area contributed by atoms with Crippen molar-refractivity contribution in [2.75, 3.05) is 6.54 Å². The number of alkyl halides is 1. The Morgan fingerprint density at radius 2 is 2.00 bits per heavy atom. The van der Waals surface area contributed by atoms with Crippen LogP contribution >= 0.6 is 15.9 Å². The summed E-state index contributed by atoms with van der Waals surface area (Å²) in [6.07, 6.45) is 2.12. The predicted octanol–water partition coefficient (Wildman–Crippen LogP) is 0.801. The van der Waals surface area contributed by atoms with Crippen molar-refractivity contribution < 1.29 is 9.59 Å². The second-order valence-electron chi connectivity index (χ2n) is 4.21. The van der Waals surface area contributed by atoms with E-state index in [1.807, 2.05) is 13.8 Å². The average molecular weight is 277 g/mol. The van der Waals surface area contributed by atoms with Gasteiger partial charge in [-0.25, -0.2) is 0 Å². The van der Waals surface area contributed by atoms with Crippen LogP contribution in [0.4, 0.5) is 0 Å². The molecule has 1 rings (SSSR count). The maximum absolute atomic E-state index is 11.5. The molecule has 1 saturated carbocycles. The molecule has 1 aliphatic carbocycles. The molecule has 15 heavy (non-hydrogen) atoms. The zero-order chi connectivity index (χ0) is 11.4. The molecule has 2 N–H and O–H groups in total. The standard InChI is InChI=1S/C10H17BrN2O2/c1-6(2)9(11)10(15)12-5-8(14)13-7-3-4-7/h6-7,9H,3-5H2,1-2H3,(H,12,15)(H,13,14). The van der Waals surface area contributed by atoms with Crippen molar-refractivity contribution in [2.24, 2.45) is 5.92 Å². The molecular weight excluding hydrogens is 260 g/mol. The summed E-state index contributed by atoms with van der Waals surface area (Å²) in [5.74, 6) is -0.0123. The maximum atomic E-state index is 11.5. The second kappa shape index (κ2) is 5.49. The molecule has 1 fully saturated rings. The van der Waals surface area contributed by atoms with E-state index < -0.39 is 0 Å². The van der Waals surface area contributed by atoms with Crippen molar-refractivity contribution in [3.05, 3.63) is 0 Å². The molecule has 0 aromatic carbocycles. The average Bonchev–Trinajstić information content (AvgIpc) is 2.96. The lowest BCUT2D eigenvalue weighted by Crippen LogP contribution is -2.41. The minimum absolute atomic E-state index is 0.0736. The van der Waals surface area contributed by atoms with Gasteiger partial charge in [0.2, 0.25) is 11.8 Å². The number of amides is 2. The highest BCUT2D eigenvalue weighted by molar-refractivity contribution is 9.10. The van der Waals surface area contributed by atoms with Gasteiger partial charge < -0.3 is 10.6 Å². The van der Waals surface area contributed by atoms with E-state index in [1.54, 1.807) is 0 Å². The first-order valence-corrected chi connectivity index (χ1v) is 6.13. The highest BCUT2D eigenvalue weighted by atomic mass is 79.9. The van der Waals surface area contributed by atoms with E-state index in [-0.39, 0.29) is 29.1 Å². The zero-order valence-electron chi connectivity index (χ0n) is 9.05. The van der Waals surface area contributed by atoms with Crippen molar-refractivity contribution in [1.29, 1.82) is 0 Å². The van der Waals surface area contributed by atoms with Crippen molar-refractivity contribution in [2.45, 2.75) is 37.6 Å². The summed E-state index contributed by atoms with van der Waals surface area (Å²) < 4.78 is 0. The van der Waals surface area contributed by atoms with Crippen LogP contribution in [0.25, 0.3) is 0 Å². The summed E-state index contributed by atoms with van der Waals surface area (Å²) in [5.41, 5.74) is 0. The molecule has 0 aliphatic heterocycles. The number of carbonyl (C=O) groups excluding carboxylic acids is 2. The number of carbonyl (C=O) groups is 2. The fraction of sp³-hybridized carbons (Fsp3) is 0.800. The van der Waals surface area contributed by atoms with E-state index >= 15 is 0 Å². The molecule has 4 nitrogen and oxygen atoms in total. The number of rotatable bonds is 5. The molecule has 5 heteroatoms. The fourth-order valence-electron chi connectivity index (χ4n) is 1.07. The topological polar surface area (TPSA) is 58.2 Å². The molecule has 0 aromatic heterocycles. The monoisotopic (exact) mass is 276 g/mol. The Labute approximate surface area is 98.3 Å². The first kappa shape index (κ1) is 12.5. The minimum Gasteiger partial charge on any atom is -0.352 e. The van der Waals surface area contributed by atoms with Crippen LogP contribution in [0.3, 0.4) is 0 Å². The van der Waals surface area contributed by atoms with Gasteiger partial charge in [0.15, 0.2) is 0 Å². The van der Waals surface area contributed by atoms with Gasteiger partial charge in [-0.3, -0.25) is 9.59 Å². The molecule has 0 bridgehead atoms. The van der Waals surface area contributed by atoms with Crippen LogP contribution in [0.5, 0.6) is 0 Å². The third kappa shape index (κ3) is 4.64. The predicted molar refractivity (Wildman–Crippen MR) is 61.7 cm³/mol. The molecule has 0 saturated heterocycles. The van der Waals surface area contributed by atoms with Gasteiger partial charge in [0.1, 0.15) is 0 Å². The van der Waals surface area contributed by atoms with E-state index in [1.165, 1.54) is 0 Å². The Kier molecular flexibility index (Phi) is 4.57. The van der Waals surface area contributed by atoms with Crippen LogP contribution < -0.4 is 10.6 Å².